The molecule has 0 bridgehead atoms. The van der Waals surface area contributed by atoms with E-state index in [0.29, 0.717) is 5.69 Å². The lowest BCUT2D eigenvalue weighted by atomic mass is 10.2. The van der Waals surface area contributed by atoms with Crippen molar-refractivity contribution < 1.29 is 8.78 Å². The normalized spacial score (nSPS) is 9.71. The van der Waals surface area contributed by atoms with Crippen LogP contribution >= 0.6 is 0 Å². The highest BCUT2D eigenvalue weighted by atomic mass is 19.1. The first-order valence-electron chi connectivity index (χ1n) is 4.91. The summed E-state index contributed by atoms with van der Waals surface area (Å²) in [6, 6.07) is 11.7. The van der Waals surface area contributed by atoms with Crippen LogP contribution in [0.5, 0.6) is 0 Å². The van der Waals surface area contributed by atoms with E-state index in [0.717, 1.165) is 6.07 Å². The van der Waals surface area contributed by atoms with Crippen LogP contribution in [0, 0.1) is 23.0 Å². The smallest absolute Gasteiger partial charge is 0.146 e. The Morgan fingerprint density at radius 3 is 2.53 bits per heavy atom. The van der Waals surface area contributed by atoms with Crippen molar-refractivity contribution >= 4 is 11.4 Å². The highest BCUT2D eigenvalue weighted by Crippen LogP contribution is 2.21. The van der Waals surface area contributed by atoms with Gasteiger partial charge in [0, 0.05) is 5.69 Å². The van der Waals surface area contributed by atoms with E-state index in [2.05, 4.69) is 5.32 Å². The molecule has 0 fully saturated rings. The fourth-order valence-corrected chi connectivity index (χ4v) is 1.44. The number of benzene rings is 2. The zero-order valence-corrected chi connectivity index (χ0v) is 8.74. The van der Waals surface area contributed by atoms with Crippen LogP contribution in [0.3, 0.4) is 0 Å². The molecule has 0 aliphatic carbocycles. The Morgan fingerprint density at radius 1 is 1.06 bits per heavy atom. The van der Waals surface area contributed by atoms with Gasteiger partial charge in [0.25, 0.3) is 0 Å². The molecule has 2 nitrogen and oxygen atoms in total. The van der Waals surface area contributed by atoms with Crippen LogP contribution < -0.4 is 5.32 Å². The van der Waals surface area contributed by atoms with Crippen LogP contribution in [0.2, 0.25) is 0 Å². The van der Waals surface area contributed by atoms with E-state index in [9.17, 15) is 8.78 Å². The van der Waals surface area contributed by atoms with E-state index in [1.54, 1.807) is 12.1 Å². The number of para-hydroxylation sites is 1. The van der Waals surface area contributed by atoms with Gasteiger partial charge in [0.15, 0.2) is 0 Å². The molecule has 0 aliphatic rings. The third-order valence-electron chi connectivity index (χ3n) is 2.18. The maximum atomic E-state index is 13.3. The number of anilines is 2. The molecule has 0 heterocycles. The number of nitrogens with zero attached hydrogens (tertiary/aromatic N) is 1. The molecule has 0 atom stereocenters. The highest BCUT2D eigenvalue weighted by Gasteiger charge is 2.03. The van der Waals surface area contributed by atoms with Gasteiger partial charge in [-0.1, -0.05) is 12.1 Å². The summed E-state index contributed by atoms with van der Waals surface area (Å²) < 4.78 is 26.5. The first-order chi connectivity index (χ1) is 8.19. The molecule has 0 saturated heterocycles. The number of nitriles is 1. The fraction of sp³-hybridized carbons (Fsp3) is 0. The van der Waals surface area contributed by atoms with Crippen LogP contribution in [0.4, 0.5) is 20.2 Å². The Hall–Kier alpha value is -2.41. The van der Waals surface area contributed by atoms with Crippen LogP contribution in [-0.4, -0.2) is 0 Å². The summed E-state index contributed by atoms with van der Waals surface area (Å²) in [5.74, 6) is -0.974. The Kier molecular flexibility index (Phi) is 3.01. The Morgan fingerprint density at radius 2 is 1.82 bits per heavy atom. The number of nitrogens with one attached hydrogen (secondary N) is 1. The van der Waals surface area contributed by atoms with Gasteiger partial charge < -0.3 is 5.32 Å². The summed E-state index contributed by atoms with van der Waals surface area (Å²) >= 11 is 0. The van der Waals surface area contributed by atoms with E-state index in [1.165, 1.54) is 24.3 Å². The molecule has 0 spiro atoms. The van der Waals surface area contributed by atoms with Gasteiger partial charge in [-0.05, 0) is 30.3 Å². The van der Waals surface area contributed by atoms with Crippen LogP contribution in [0.25, 0.3) is 0 Å². The Balaban J connectivity index is 2.34. The van der Waals surface area contributed by atoms with Gasteiger partial charge in [0.2, 0.25) is 0 Å². The van der Waals surface area contributed by atoms with Gasteiger partial charge in [-0.25, -0.2) is 8.78 Å². The monoisotopic (exact) mass is 230 g/mol. The van der Waals surface area contributed by atoms with E-state index in [1.807, 2.05) is 6.07 Å². The summed E-state index contributed by atoms with van der Waals surface area (Å²) in [6.07, 6.45) is 0. The number of halogens is 2. The van der Waals surface area contributed by atoms with Crippen LogP contribution in [0.15, 0.2) is 42.5 Å². The standard InChI is InChI=1S/C13H8F2N2/c14-10-5-9(8-16)6-11(7-10)17-13-4-2-1-3-12(13)15/h1-7,17H. The molecule has 0 saturated carbocycles. The maximum Gasteiger partial charge on any atom is 0.146 e. The Labute approximate surface area is 97.1 Å². The van der Waals surface area contributed by atoms with Crippen molar-refractivity contribution in [2.75, 3.05) is 5.32 Å². The second kappa shape index (κ2) is 4.62. The third-order valence-corrected chi connectivity index (χ3v) is 2.18. The minimum absolute atomic E-state index is 0.184. The first-order valence-corrected chi connectivity index (χ1v) is 4.91. The summed E-state index contributed by atoms with van der Waals surface area (Å²) in [6.45, 7) is 0. The van der Waals surface area contributed by atoms with Crippen molar-refractivity contribution in [3.8, 4) is 6.07 Å². The second-order valence-corrected chi connectivity index (χ2v) is 3.45. The first kappa shape index (κ1) is 11.1. The highest BCUT2D eigenvalue weighted by molar-refractivity contribution is 5.61. The van der Waals surface area contributed by atoms with Crippen molar-refractivity contribution in [1.82, 2.24) is 0 Å². The molecule has 1 N–H and O–H groups in total. The lowest BCUT2D eigenvalue weighted by Crippen LogP contribution is -1.94. The molecule has 17 heavy (non-hydrogen) atoms. The summed E-state index contributed by atoms with van der Waals surface area (Å²) in [5, 5.41) is 11.4. The predicted molar refractivity (Wildman–Crippen MR) is 60.8 cm³/mol. The molecule has 4 heteroatoms. The third kappa shape index (κ3) is 2.58. The largest absolute Gasteiger partial charge is 0.353 e. The maximum absolute atomic E-state index is 13.3. The van der Waals surface area contributed by atoms with Gasteiger partial charge in [-0.3, -0.25) is 0 Å². The Bertz CT molecular complexity index is 588. The lowest BCUT2D eigenvalue weighted by molar-refractivity contribution is 0.626. The van der Waals surface area contributed by atoms with Gasteiger partial charge in [-0.15, -0.1) is 0 Å². The summed E-state index contributed by atoms with van der Waals surface area (Å²) in [7, 11) is 0. The predicted octanol–water partition coefficient (Wildman–Crippen LogP) is 3.58. The molecule has 0 amide bonds. The molecule has 2 aromatic carbocycles. The SMILES string of the molecule is N#Cc1cc(F)cc(Nc2ccccc2F)c1. The molecule has 0 aromatic heterocycles. The lowest BCUT2D eigenvalue weighted by Gasteiger charge is -2.07. The number of hydrogen-bond acceptors (Lipinski definition) is 2. The topological polar surface area (TPSA) is 35.8 Å². The minimum Gasteiger partial charge on any atom is -0.353 e. The van der Waals surface area contributed by atoms with Crippen molar-refractivity contribution in [3.63, 3.8) is 0 Å². The molecule has 84 valence electrons. The fourth-order valence-electron chi connectivity index (χ4n) is 1.44. The number of rotatable bonds is 2. The van der Waals surface area contributed by atoms with Crippen LogP contribution in [0.1, 0.15) is 5.56 Å². The molecule has 0 unspecified atom stereocenters. The van der Waals surface area contributed by atoms with E-state index in [4.69, 9.17) is 5.26 Å². The number of hydrogen-bond donors (Lipinski definition) is 1. The summed E-state index contributed by atoms with van der Waals surface area (Å²) in [4.78, 5) is 0. The average molecular weight is 230 g/mol. The van der Waals surface area contributed by atoms with Gasteiger partial charge in [0.1, 0.15) is 11.6 Å². The molecule has 0 aliphatic heterocycles. The van der Waals surface area contributed by atoms with Crippen molar-refractivity contribution in [3.05, 3.63) is 59.7 Å². The molecular formula is C13H8F2N2. The second-order valence-electron chi connectivity index (χ2n) is 3.45. The zero-order valence-electron chi connectivity index (χ0n) is 8.74. The molecule has 2 rings (SSSR count). The minimum atomic E-state index is -0.539. The van der Waals surface area contributed by atoms with Crippen LogP contribution in [-0.2, 0) is 0 Å². The summed E-state index contributed by atoms with van der Waals surface area (Å²) in [5.41, 5.74) is 0.762. The molecular weight excluding hydrogens is 222 g/mol. The average Bonchev–Trinajstić information content (AvgIpc) is 2.31. The van der Waals surface area contributed by atoms with E-state index in [-0.39, 0.29) is 11.3 Å². The molecule has 0 radical (unpaired) electrons. The van der Waals surface area contributed by atoms with Crippen molar-refractivity contribution in [1.29, 1.82) is 5.26 Å². The van der Waals surface area contributed by atoms with E-state index >= 15 is 0 Å². The molecule has 2 aromatic rings. The zero-order chi connectivity index (χ0) is 12.3. The van der Waals surface area contributed by atoms with Crippen molar-refractivity contribution in [2.24, 2.45) is 0 Å². The van der Waals surface area contributed by atoms with Gasteiger partial charge in [-0.2, -0.15) is 5.26 Å². The van der Waals surface area contributed by atoms with E-state index < -0.39 is 11.6 Å². The van der Waals surface area contributed by atoms with Crippen molar-refractivity contribution in [2.45, 2.75) is 0 Å². The van der Waals surface area contributed by atoms with Gasteiger partial charge >= 0.3 is 0 Å². The van der Waals surface area contributed by atoms with Gasteiger partial charge in [0.05, 0.1) is 17.3 Å². The quantitative estimate of drug-likeness (QED) is 0.855.